The number of halogens is 2. The van der Waals surface area contributed by atoms with Crippen molar-refractivity contribution in [2.75, 3.05) is 24.9 Å². The summed E-state index contributed by atoms with van der Waals surface area (Å²) < 4.78 is 23.7. The summed E-state index contributed by atoms with van der Waals surface area (Å²) in [5.74, 6) is 0.750. The van der Waals surface area contributed by atoms with Gasteiger partial charge in [-0.25, -0.2) is 4.39 Å². The molecule has 0 aliphatic rings. The molecule has 0 atom stereocenters. The van der Waals surface area contributed by atoms with E-state index in [1.165, 1.54) is 12.1 Å². The van der Waals surface area contributed by atoms with Crippen LogP contribution in [-0.2, 0) is 0 Å². The van der Waals surface area contributed by atoms with Crippen LogP contribution in [0.5, 0.6) is 11.5 Å². The highest BCUT2D eigenvalue weighted by atomic mass is 35.5. The van der Waals surface area contributed by atoms with E-state index in [0.29, 0.717) is 22.3 Å². The maximum absolute atomic E-state index is 13.2. The summed E-state index contributed by atoms with van der Waals surface area (Å²) in [7, 11) is 3.14. The first-order chi connectivity index (χ1) is 10.9. The van der Waals surface area contributed by atoms with Crippen LogP contribution in [0.15, 0.2) is 30.3 Å². The number of hydrogen-bond acceptors (Lipinski definition) is 3. The molecule has 2 aromatic carbocycles. The molecule has 2 rings (SSSR count). The second-order valence-electron chi connectivity index (χ2n) is 4.73. The summed E-state index contributed by atoms with van der Waals surface area (Å²) in [5.41, 5.74) is 2.30. The predicted octanol–water partition coefficient (Wildman–Crippen LogP) is 4.61. The van der Waals surface area contributed by atoms with Gasteiger partial charge in [-0.15, -0.1) is 0 Å². The smallest absolute Gasteiger partial charge is 0.175 e. The molecule has 0 aliphatic heterocycles. The quantitative estimate of drug-likeness (QED) is 0.784. The van der Waals surface area contributed by atoms with Crippen molar-refractivity contribution in [1.29, 1.82) is 0 Å². The molecular formula is C16H16ClFN2O2S. The molecule has 0 fully saturated rings. The Bertz CT molecular complexity index is 740. The second-order valence-corrected chi connectivity index (χ2v) is 5.55. The molecule has 0 heterocycles. The van der Waals surface area contributed by atoms with Gasteiger partial charge in [0, 0.05) is 17.4 Å². The van der Waals surface area contributed by atoms with E-state index in [-0.39, 0.29) is 5.02 Å². The van der Waals surface area contributed by atoms with Gasteiger partial charge in [-0.3, -0.25) is 0 Å². The van der Waals surface area contributed by atoms with Gasteiger partial charge in [-0.05, 0) is 49.0 Å². The summed E-state index contributed by atoms with van der Waals surface area (Å²) in [6, 6.07) is 7.93. The van der Waals surface area contributed by atoms with Gasteiger partial charge in [0.25, 0.3) is 0 Å². The standard InChI is InChI=1S/C16H16ClFN2O2S/c1-9-6-14(21-2)15(22-3)8-13(9)20-16(23)19-10-4-5-12(18)11(17)7-10/h4-8H,1-3H3,(H2,19,20,23). The topological polar surface area (TPSA) is 42.5 Å². The SMILES string of the molecule is COc1cc(C)c(NC(=S)Nc2ccc(F)c(Cl)c2)cc1OC. The van der Waals surface area contributed by atoms with E-state index in [9.17, 15) is 4.39 Å². The second kappa shape index (κ2) is 7.48. The molecule has 122 valence electrons. The van der Waals surface area contributed by atoms with Crippen LogP contribution in [-0.4, -0.2) is 19.3 Å². The molecule has 0 bridgehead atoms. The molecule has 0 aliphatic carbocycles. The zero-order valence-electron chi connectivity index (χ0n) is 12.9. The Kier molecular flexibility index (Phi) is 5.63. The number of benzene rings is 2. The fourth-order valence-corrected chi connectivity index (χ4v) is 2.38. The Balaban J connectivity index is 2.15. The third-order valence-corrected chi connectivity index (χ3v) is 3.65. The lowest BCUT2D eigenvalue weighted by Gasteiger charge is -2.16. The van der Waals surface area contributed by atoms with E-state index in [0.717, 1.165) is 11.3 Å². The van der Waals surface area contributed by atoms with Gasteiger partial charge >= 0.3 is 0 Å². The molecule has 23 heavy (non-hydrogen) atoms. The summed E-state index contributed by atoms with van der Waals surface area (Å²) in [6.45, 7) is 1.92. The average molecular weight is 355 g/mol. The van der Waals surface area contributed by atoms with E-state index in [2.05, 4.69) is 10.6 Å². The maximum Gasteiger partial charge on any atom is 0.175 e. The Hall–Kier alpha value is -2.05. The minimum Gasteiger partial charge on any atom is -0.493 e. The zero-order valence-corrected chi connectivity index (χ0v) is 14.4. The van der Waals surface area contributed by atoms with Crippen molar-refractivity contribution in [2.24, 2.45) is 0 Å². The zero-order chi connectivity index (χ0) is 17.0. The maximum atomic E-state index is 13.2. The molecule has 0 aromatic heterocycles. The highest BCUT2D eigenvalue weighted by molar-refractivity contribution is 7.80. The van der Waals surface area contributed by atoms with Crippen LogP contribution in [0.1, 0.15) is 5.56 Å². The van der Waals surface area contributed by atoms with Crippen LogP contribution in [0.2, 0.25) is 5.02 Å². The number of methoxy groups -OCH3 is 2. The molecule has 4 nitrogen and oxygen atoms in total. The molecule has 2 N–H and O–H groups in total. The van der Waals surface area contributed by atoms with E-state index >= 15 is 0 Å². The number of anilines is 2. The van der Waals surface area contributed by atoms with Gasteiger partial charge in [-0.2, -0.15) is 0 Å². The predicted molar refractivity (Wildman–Crippen MR) is 95.5 cm³/mol. The van der Waals surface area contributed by atoms with Gasteiger partial charge < -0.3 is 20.1 Å². The number of rotatable bonds is 4. The van der Waals surface area contributed by atoms with Gasteiger partial charge in [0.1, 0.15) is 5.82 Å². The first-order valence-electron chi connectivity index (χ1n) is 6.70. The van der Waals surface area contributed by atoms with E-state index in [1.54, 1.807) is 26.4 Å². The molecule has 0 saturated heterocycles. The Morgan fingerprint density at radius 2 is 1.74 bits per heavy atom. The molecule has 2 aromatic rings. The van der Waals surface area contributed by atoms with Crippen LogP contribution in [0.4, 0.5) is 15.8 Å². The van der Waals surface area contributed by atoms with E-state index in [1.807, 2.05) is 13.0 Å². The normalized spacial score (nSPS) is 10.1. The lowest BCUT2D eigenvalue weighted by molar-refractivity contribution is 0.355. The molecule has 7 heteroatoms. The molecular weight excluding hydrogens is 339 g/mol. The largest absolute Gasteiger partial charge is 0.493 e. The van der Waals surface area contributed by atoms with E-state index < -0.39 is 5.82 Å². The average Bonchev–Trinajstić information content (AvgIpc) is 2.52. The third kappa shape index (κ3) is 4.24. The van der Waals surface area contributed by atoms with Crippen molar-refractivity contribution in [2.45, 2.75) is 6.92 Å². The van der Waals surface area contributed by atoms with Gasteiger partial charge in [0.2, 0.25) is 0 Å². The van der Waals surface area contributed by atoms with Crippen LogP contribution in [0, 0.1) is 12.7 Å². The summed E-state index contributed by atoms with van der Waals surface area (Å²) in [5, 5.41) is 6.39. The fourth-order valence-electron chi connectivity index (χ4n) is 1.97. The number of hydrogen-bond donors (Lipinski definition) is 2. The van der Waals surface area contributed by atoms with Crippen molar-refractivity contribution in [3.63, 3.8) is 0 Å². The Labute approximate surface area is 144 Å². The molecule has 0 saturated carbocycles. The molecule has 0 radical (unpaired) electrons. The number of nitrogens with one attached hydrogen (secondary N) is 2. The highest BCUT2D eigenvalue weighted by Crippen LogP contribution is 2.33. The summed E-state index contributed by atoms with van der Waals surface area (Å²) >= 11 is 11.0. The number of ether oxygens (including phenoxy) is 2. The van der Waals surface area contributed by atoms with Crippen molar-refractivity contribution in [3.8, 4) is 11.5 Å². The van der Waals surface area contributed by atoms with Crippen LogP contribution in [0.25, 0.3) is 0 Å². The molecule has 0 unspecified atom stereocenters. The van der Waals surface area contributed by atoms with Crippen LogP contribution in [0.3, 0.4) is 0 Å². The first-order valence-corrected chi connectivity index (χ1v) is 7.49. The Morgan fingerprint density at radius 1 is 1.09 bits per heavy atom. The van der Waals surface area contributed by atoms with Crippen LogP contribution < -0.4 is 20.1 Å². The van der Waals surface area contributed by atoms with Gasteiger partial charge in [-0.1, -0.05) is 11.6 Å². The minimum atomic E-state index is -0.480. The highest BCUT2D eigenvalue weighted by Gasteiger charge is 2.10. The fraction of sp³-hybridized carbons (Fsp3) is 0.188. The van der Waals surface area contributed by atoms with Crippen molar-refractivity contribution < 1.29 is 13.9 Å². The molecule has 0 amide bonds. The number of thiocarbonyl (C=S) groups is 1. The lowest BCUT2D eigenvalue weighted by atomic mass is 10.1. The first kappa shape index (κ1) is 17.3. The lowest BCUT2D eigenvalue weighted by Crippen LogP contribution is -2.19. The minimum absolute atomic E-state index is 0.0279. The molecule has 0 spiro atoms. The van der Waals surface area contributed by atoms with Gasteiger partial charge in [0.15, 0.2) is 16.6 Å². The van der Waals surface area contributed by atoms with Crippen LogP contribution >= 0.6 is 23.8 Å². The monoisotopic (exact) mass is 354 g/mol. The van der Waals surface area contributed by atoms with Crippen molar-refractivity contribution in [1.82, 2.24) is 0 Å². The van der Waals surface area contributed by atoms with Crippen molar-refractivity contribution in [3.05, 3.63) is 46.7 Å². The van der Waals surface area contributed by atoms with E-state index in [4.69, 9.17) is 33.3 Å². The summed E-state index contributed by atoms with van der Waals surface area (Å²) in [4.78, 5) is 0. The Morgan fingerprint density at radius 3 is 2.35 bits per heavy atom. The van der Waals surface area contributed by atoms with Crippen molar-refractivity contribution >= 4 is 40.3 Å². The third-order valence-electron chi connectivity index (χ3n) is 3.16. The summed E-state index contributed by atoms with van der Waals surface area (Å²) in [6.07, 6.45) is 0. The van der Waals surface area contributed by atoms with Gasteiger partial charge in [0.05, 0.1) is 19.2 Å². The number of aryl methyl sites for hydroxylation is 1.